The van der Waals surface area contributed by atoms with Crippen molar-refractivity contribution in [2.45, 2.75) is 23.6 Å². The number of hydrogen-bond acceptors (Lipinski definition) is 5. The average molecular weight is 366 g/mol. The van der Waals surface area contributed by atoms with E-state index in [4.69, 9.17) is 4.99 Å². The maximum atomic E-state index is 12.5. The van der Waals surface area contributed by atoms with Crippen molar-refractivity contribution in [1.82, 2.24) is 15.1 Å². The number of benzene rings is 2. The van der Waals surface area contributed by atoms with Crippen molar-refractivity contribution in [3.63, 3.8) is 0 Å². The number of nitrogens with zero attached hydrogens (tertiary/aromatic N) is 3. The molecule has 2 aliphatic rings. The van der Waals surface area contributed by atoms with Crippen LogP contribution in [-0.4, -0.2) is 46.2 Å². The van der Waals surface area contributed by atoms with Gasteiger partial charge in [-0.05, 0) is 17.7 Å². The van der Waals surface area contributed by atoms with Gasteiger partial charge >= 0.3 is 6.03 Å². The summed E-state index contributed by atoms with van der Waals surface area (Å²) in [7, 11) is 1.67. The highest BCUT2D eigenvalue weighted by Crippen LogP contribution is 2.33. The molecule has 1 saturated heterocycles. The van der Waals surface area contributed by atoms with Gasteiger partial charge in [-0.3, -0.25) is 10.1 Å². The van der Waals surface area contributed by atoms with E-state index in [2.05, 4.69) is 5.32 Å². The molecular formula is C19H18N4O2S. The SMILES string of the molecule is CN1C(=O)NC(=O)C2C1N=C(Sc1ccccc1)N2Cc1ccccc1. The number of rotatable bonds is 3. The second-order valence-corrected chi connectivity index (χ2v) is 7.24. The van der Waals surface area contributed by atoms with Crippen molar-refractivity contribution in [1.29, 1.82) is 0 Å². The fraction of sp³-hybridized carbons (Fsp3) is 0.211. The van der Waals surface area contributed by atoms with Crippen LogP contribution in [0, 0.1) is 0 Å². The van der Waals surface area contributed by atoms with Gasteiger partial charge in [0.25, 0.3) is 5.91 Å². The van der Waals surface area contributed by atoms with Crippen LogP contribution >= 0.6 is 11.8 Å². The molecule has 0 spiro atoms. The second-order valence-electron chi connectivity index (χ2n) is 6.20. The molecule has 2 unspecified atom stereocenters. The molecule has 26 heavy (non-hydrogen) atoms. The molecule has 0 aromatic heterocycles. The number of amidine groups is 1. The second kappa shape index (κ2) is 6.84. The first-order chi connectivity index (χ1) is 12.6. The molecule has 2 heterocycles. The van der Waals surface area contributed by atoms with Crippen LogP contribution < -0.4 is 5.32 Å². The lowest BCUT2D eigenvalue weighted by atomic mass is 10.1. The van der Waals surface area contributed by atoms with Gasteiger partial charge < -0.3 is 9.80 Å². The van der Waals surface area contributed by atoms with E-state index in [0.717, 1.165) is 15.6 Å². The van der Waals surface area contributed by atoms with Crippen molar-refractivity contribution in [3.05, 3.63) is 66.2 Å². The smallest absolute Gasteiger partial charge is 0.325 e. The number of aliphatic imine (C=N–C) groups is 1. The number of carbonyl (C=O) groups excluding carboxylic acids is 2. The molecule has 7 heteroatoms. The molecule has 0 saturated carbocycles. The van der Waals surface area contributed by atoms with Gasteiger partial charge in [0.2, 0.25) is 0 Å². The molecule has 2 aromatic rings. The molecule has 0 radical (unpaired) electrons. The van der Waals surface area contributed by atoms with Crippen molar-refractivity contribution in [2.24, 2.45) is 4.99 Å². The number of urea groups is 1. The Hall–Kier alpha value is -2.80. The monoisotopic (exact) mass is 366 g/mol. The largest absolute Gasteiger partial charge is 0.331 e. The number of likely N-dealkylation sites (N-methyl/N-ethyl adjacent to an activating group) is 1. The van der Waals surface area contributed by atoms with Crippen LogP contribution in [0.3, 0.4) is 0 Å². The maximum Gasteiger partial charge on any atom is 0.325 e. The lowest BCUT2D eigenvalue weighted by Crippen LogP contribution is -2.63. The predicted molar refractivity (Wildman–Crippen MR) is 101 cm³/mol. The van der Waals surface area contributed by atoms with E-state index in [1.54, 1.807) is 7.05 Å². The Kier molecular flexibility index (Phi) is 4.38. The highest BCUT2D eigenvalue weighted by Gasteiger charge is 2.48. The van der Waals surface area contributed by atoms with E-state index in [-0.39, 0.29) is 5.91 Å². The van der Waals surface area contributed by atoms with Crippen LogP contribution in [0.2, 0.25) is 0 Å². The van der Waals surface area contributed by atoms with Gasteiger partial charge in [0.1, 0.15) is 0 Å². The van der Waals surface area contributed by atoms with E-state index in [9.17, 15) is 9.59 Å². The summed E-state index contributed by atoms with van der Waals surface area (Å²) in [6.07, 6.45) is -0.508. The van der Waals surface area contributed by atoms with E-state index >= 15 is 0 Å². The highest BCUT2D eigenvalue weighted by atomic mass is 32.2. The molecule has 0 aliphatic carbocycles. The van der Waals surface area contributed by atoms with E-state index in [1.807, 2.05) is 65.6 Å². The Bertz CT molecular complexity index is 856. The molecule has 2 atom stereocenters. The summed E-state index contributed by atoms with van der Waals surface area (Å²) in [5.74, 6) is -0.304. The first-order valence-corrected chi connectivity index (χ1v) is 9.14. The Morgan fingerprint density at radius 2 is 1.69 bits per heavy atom. The summed E-state index contributed by atoms with van der Waals surface area (Å²) in [5.41, 5.74) is 1.09. The lowest BCUT2D eigenvalue weighted by Gasteiger charge is -2.36. The van der Waals surface area contributed by atoms with Crippen LogP contribution in [0.4, 0.5) is 4.79 Å². The fourth-order valence-corrected chi connectivity index (χ4v) is 4.09. The zero-order valence-corrected chi connectivity index (χ0v) is 15.0. The van der Waals surface area contributed by atoms with Crippen LogP contribution in [0.1, 0.15) is 5.56 Å². The Labute approximate surface area is 155 Å². The highest BCUT2D eigenvalue weighted by molar-refractivity contribution is 8.13. The normalized spacial score (nSPS) is 22.1. The van der Waals surface area contributed by atoms with Crippen molar-refractivity contribution < 1.29 is 9.59 Å². The van der Waals surface area contributed by atoms with Gasteiger partial charge in [-0.25, -0.2) is 9.79 Å². The lowest BCUT2D eigenvalue weighted by molar-refractivity contribution is -0.127. The van der Waals surface area contributed by atoms with E-state index in [1.165, 1.54) is 16.7 Å². The van der Waals surface area contributed by atoms with Gasteiger partial charge in [0.15, 0.2) is 17.4 Å². The van der Waals surface area contributed by atoms with Crippen LogP contribution in [0.5, 0.6) is 0 Å². The minimum atomic E-state index is -0.524. The summed E-state index contributed by atoms with van der Waals surface area (Å²) in [6, 6.07) is 18.9. The molecule has 0 bridgehead atoms. The van der Waals surface area contributed by atoms with Gasteiger partial charge in [-0.15, -0.1) is 0 Å². The molecule has 4 rings (SSSR count). The molecule has 2 aromatic carbocycles. The molecule has 1 N–H and O–H groups in total. The first kappa shape index (κ1) is 16.7. The molecule has 6 nitrogen and oxygen atoms in total. The standard InChI is InChI=1S/C19H18N4O2S/c1-22-16-15(17(24)21-18(22)25)23(12-13-8-4-2-5-9-13)19(20-16)26-14-10-6-3-7-11-14/h2-11,15-16H,12H2,1H3,(H,21,24,25). The first-order valence-electron chi connectivity index (χ1n) is 8.32. The molecular weight excluding hydrogens is 348 g/mol. The zero-order valence-electron chi connectivity index (χ0n) is 14.2. The third-order valence-electron chi connectivity index (χ3n) is 4.47. The average Bonchev–Trinajstić information content (AvgIpc) is 3.00. The summed E-state index contributed by atoms with van der Waals surface area (Å²) in [6.45, 7) is 0.552. The minimum absolute atomic E-state index is 0.304. The van der Waals surface area contributed by atoms with Crippen LogP contribution in [0.15, 0.2) is 70.6 Å². The van der Waals surface area contributed by atoms with Crippen molar-refractivity contribution in [2.75, 3.05) is 7.05 Å². The maximum absolute atomic E-state index is 12.5. The van der Waals surface area contributed by atoms with Gasteiger partial charge in [0.05, 0.1) is 0 Å². The topological polar surface area (TPSA) is 65.0 Å². The number of imide groups is 1. The number of carbonyl (C=O) groups is 2. The third-order valence-corrected chi connectivity index (χ3v) is 5.50. The van der Waals surface area contributed by atoms with Crippen molar-refractivity contribution >= 4 is 28.9 Å². The van der Waals surface area contributed by atoms with Gasteiger partial charge in [-0.2, -0.15) is 0 Å². The fourth-order valence-electron chi connectivity index (χ4n) is 3.13. The summed E-state index contributed by atoms with van der Waals surface area (Å²) in [4.78, 5) is 33.7. The van der Waals surface area contributed by atoms with Crippen molar-refractivity contribution in [3.8, 4) is 0 Å². The quantitative estimate of drug-likeness (QED) is 0.907. The molecule has 3 amide bonds. The Morgan fingerprint density at radius 3 is 2.38 bits per heavy atom. The Morgan fingerprint density at radius 1 is 1.04 bits per heavy atom. The molecule has 2 aliphatic heterocycles. The van der Waals surface area contributed by atoms with Gasteiger partial charge in [0, 0.05) is 18.5 Å². The molecule has 1 fully saturated rings. The minimum Gasteiger partial charge on any atom is -0.331 e. The summed E-state index contributed by atoms with van der Waals surface area (Å²) >= 11 is 1.51. The van der Waals surface area contributed by atoms with Crippen LogP contribution in [0.25, 0.3) is 0 Å². The number of hydrogen-bond donors (Lipinski definition) is 1. The number of fused-ring (bicyclic) bond motifs is 1. The zero-order chi connectivity index (χ0) is 18.1. The Balaban J connectivity index is 1.68. The van der Waals surface area contributed by atoms with Gasteiger partial charge in [-0.1, -0.05) is 60.3 Å². The summed E-state index contributed by atoms with van der Waals surface area (Å²) in [5, 5.41) is 3.17. The number of amides is 3. The van der Waals surface area contributed by atoms with E-state index in [0.29, 0.717) is 6.54 Å². The van der Waals surface area contributed by atoms with Crippen LogP contribution in [-0.2, 0) is 11.3 Å². The number of thioether (sulfide) groups is 1. The predicted octanol–water partition coefficient (Wildman–Crippen LogP) is 2.53. The molecule has 132 valence electrons. The number of nitrogens with one attached hydrogen (secondary N) is 1. The third kappa shape index (κ3) is 3.06. The summed E-state index contributed by atoms with van der Waals surface area (Å²) < 4.78 is 0. The van der Waals surface area contributed by atoms with E-state index < -0.39 is 18.2 Å².